The first-order valence-corrected chi connectivity index (χ1v) is 22.3. The van der Waals surface area contributed by atoms with Crippen molar-refractivity contribution in [2.24, 2.45) is 0 Å². The number of hydrogen-bond acceptors (Lipinski definition) is 6. The summed E-state index contributed by atoms with van der Waals surface area (Å²) in [6.45, 7) is 4.59. The third-order valence-electron chi connectivity index (χ3n) is 9.08. The number of phosphoric acid groups is 1. The number of hydrogen-bond donors (Lipinski definition) is 2. The van der Waals surface area contributed by atoms with Crippen LogP contribution in [0.15, 0.2) is 36.5 Å². The molecule has 0 heterocycles. The highest BCUT2D eigenvalue weighted by atomic mass is 31.2. The van der Waals surface area contributed by atoms with E-state index in [0.717, 1.165) is 44.9 Å². The smallest absolute Gasteiger partial charge is 0.268 e. The molecule has 0 aromatic carbocycles. The molecule has 0 aromatic heterocycles. The third-order valence-corrected chi connectivity index (χ3v) is 10.0. The Hall–Kier alpha value is -1.28. The average Bonchev–Trinajstić information content (AvgIpc) is 3.07. The number of carbonyl (C=O) groups is 1. The van der Waals surface area contributed by atoms with Crippen LogP contribution in [0.5, 0.6) is 0 Å². The van der Waals surface area contributed by atoms with Crippen molar-refractivity contribution < 1.29 is 32.9 Å². The predicted molar refractivity (Wildman–Crippen MR) is 215 cm³/mol. The highest BCUT2D eigenvalue weighted by molar-refractivity contribution is 7.45. The van der Waals surface area contributed by atoms with Crippen molar-refractivity contribution in [3.8, 4) is 0 Å². The highest BCUT2D eigenvalue weighted by Crippen LogP contribution is 2.38. The van der Waals surface area contributed by atoms with Gasteiger partial charge in [-0.2, -0.15) is 0 Å². The Balaban J connectivity index is 4.56. The maximum atomic E-state index is 12.8. The summed E-state index contributed by atoms with van der Waals surface area (Å²) >= 11 is 0. The minimum Gasteiger partial charge on any atom is -0.756 e. The van der Waals surface area contributed by atoms with Gasteiger partial charge in [0.2, 0.25) is 5.91 Å². The standard InChI is InChI=1S/C42H81N2O6P/c1-6-8-10-12-14-16-18-20-21-22-24-25-27-29-31-33-35-41(45)40(39-50-51(47,48)49-38-37-44(3,4)5)43-42(46)36-34-32-30-28-26-23-19-17-15-13-11-9-7-2/h20-21,25,27,33,35,40-41,45H,6-19,22-24,26,28-32,34,36-39H2,1-5H3,(H-,43,46,47,48)/b21-20+,27-25+,35-33+. The minimum atomic E-state index is -4.59. The van der Waals surface area contributed by atoms with Crippen LogP contribution in [0.4, 0.5) is 0 Å². The number of likely N-dealkylation sites (N-methyl/N-ethyl adjacent to an activating group) is 1. The Bertz CT molecular complexity index is 933. The van der Waals surface area contributed by atoms with Gasteiger partial charge in [-0.15, -0.1) is 0 Å². The van der Waals surface area contributed by atoms with E-state index in [9.17, 15) is 19.4 Å². The number of quaternary nitrogens is 1. The zero-order valence-electron chi connectivity index (χ0n) is 33.8. The zero-order valence-corrected chi connectivity index (χ0v) is 34.7. The van der Waals surface area contributed by atoms with Crippen LogP contribution >= 0.6 is 7.82 Å². The van der Waals surface area contributed by atoms with Crippen LogP contribution in [-0.2, 0) is 18.4 Å². The molecule has 9 heteroatoms. The number of aliphatic hydroxyl groups is 1. The predicted octanol–water partition coefficient (Wildman–Crippen LogP) is 10.5. The van der Waals surface area contributed by atoms with E-state index in [0.29, 0.717) is 17.4 Å². The van der Waals surface area contributed by atoms with E-state index in [1.165, 1.54) is 109 Å². The summed E-state index contributed by atoms with van der Waals surface area (Å²) < 4.78 is 23.1. The molecule has 0 bridgehead atoms. The van der Waals surface area contributed by atoms with Gasteiger partial charge in [-0.05, 0) is 44.9 Å². The van der Waals surface area contributed by atoms with Crippen LogP contribution in [-0.4, -0.2) is 68.5 Å². The number of nitrogens with zero attached hydrogens (tertiary/aromatic N) is 1. The van der Waals surface area contributed by atoms with E-state index < -0.39 is 26.6 Å². The Labute approximate surface area is 315 Å². The van der Waals surface area contributed by atoms with Gasteiger partial charge < -0.3 is 28.8 Å². The van der Waals surface area contributed by atoms with Crippen LogP contribution in [0.25, 0.3) is 0 Å². The van der Waals surface area contributed by atoms with Crippen LogP contribution in [0.1, 0.15) is 174 Å². The van der Waals surface area contributed by atoms with Crippen molar-refractivity contribution in [2.75, 3.05) is 40.9 Å². The number of amides is 1. The Kier molecular flexibility index (Phi) is 33.6. The van der Waals surface area contributed by atoms with Gasteiger partial charge >= 0.3 is 0 Å². The molecule has 0 radical (unpaired) electrons. The topological polar surface area (TPSA) is 108 Å². The number of rotatable bonds is 37. The fourth-order valence-corrected chi connectivity index (χ4v) is 6.43. The van der Waals surface area contributed by atoms with E-state index in [-0.39, 0.29) is 12.5 Å². The summed E-state index contributed by atoms with van der Waals surface area (Å²) in [6, 6.07) is -0.904. The Morgan fingerprint density at radius 1 is 0.667 bits per heavy atom. The molecular formula is C42H81N2O6P. The van der Waals surface area contributed by atoms with Crippen LogP contribution in [0, 0.1) is 0 Å². The molecule has 3 unspecified atom stereocenters. The molecule has 8 nitrogen and oxygen atoms in total. The van der Waals surface area contributed by atoms with Gasteiger partial charge in [0.1, 0.15) is 13.2 Å². The molecule has 0 spiro atoms. The van der Waals surface area contributed by atoms with Crippen molar-refractivity contribution in [3.05, 3.63) is 36.5 Å². The maximum Gasteiger partial charge on any atom is 0.268 e. The SMILES string of the molecule is CCCCCCCC/C=C/CC/C=C/CC/C=C/C(O)C(COP(=O)([O-])OCC[N+](C)(C)C)NC(=O)CCCCCCCCCCCCCCC. The van der Waals surface area contributed by atoms with E-state index in [1.54, 1.807) is 6.08 Å². The number of carbonyl (C=O) groups excluding carboxylic acids is 1. The zero-order chi connectivity index (χ0) is 37.9. The lowest BCUT2D eigenvalue weighted by molar-refractivity contribution is -0.870. The molecular weight excluding hydrogens is 659 g/mol. The molecule has 3 atom stereocenters. The number of aliphatic hydroxyl groups excluding tert-OH is 1. The van der Waals surface area contributed by atoms with E-state index in [2.05, 4.69) is 43.5 Å². The molecule has 1 amide bonds. The first kappa shape index (κ1) is 49.7. The number of allylic oxidation sites excluding steroid dienone is 5. The fourth-order valence-electron chi connectivity index (χ4n) is 5.71. The van der Waals surface area contributed by atoms with Crippen molar-refractivity contribution in [3.63, 3.8) is 0 Å². The highest BCUT2D eigenvalue weighted by Gasteiger charge is 2.23. The minimum absolute atomic E-state index is 0.00813. The molecule has 0 aliphatic carbocycles. The lowest BCUT2D eigenvalue weighted by atomic mass is 10.0. The Morgan fingerprint density at radius 3 is 1.59 bits per heavy atom. The third kappa shape index (κ3) is 36.9. The molecule has 0 aromatic rings. The molecule has 0 saturated carbocycles. The molecule has 0 aliphatic heterocycles. The van der Waals surface area contributed by atoms with Gasteiger partial charge in [-0.1, -0.05) is 159 Å². The summed E-state index contributed by atoms with van der Waals surface area (Å²) in [4.78, 5) is 25.2. The van der Waals surface area contributed by atoms with E-state index >= 15 is 0 Å². The van der Waals surface area contributed by atoms with E-state index in [4.69, 9.17) is 9.05 Å². The summed E-state index contributed by atoms with van der Waals surface area (Å²) in [5.41, 5.74) is 0. The van der Waals surface area contributed by atoms with Gasteiger partial charge in [-0.25, -0.2) is 0 Å². The normalized spacial score (nSPS) is 14.9. The second kappa shape index (κ2) is 34.5. The monoisotopic (exact) mass is 741 g/mol. The summed E-state index contributed by atoms with van der Waals surface area (Å²) in [5, 5.41) is 13.7. The summed E-state index contributed by atoms with van der Waals surface area (Å²) in [6.07, 6.45) is 40.4. The van der Waals surface area contributed by atoms with E-state index in [1.807, 2.05) is 27.2 Å². The Morgan fingerprint density at radius 2 is 1.10 bits per heavy atom. The van der Waals surface area contributed by atoms with Crippen molar-refractivity contribution in [2.45, 2.75) is 187 Å². The van der Waals surface area contributed by atoms with Crippen LogP contribution in [0.2, 0.25) is 0 Å². The summed E-state index contributed by atoms with van der Waals surface area (Å²) in [5.74, 6) is -0.213. The van der Waals surface area contributed by atoms with Gasteiger partial charge in [-0.3, -0.25) is 9.36 Å². The molecule has 51 heavy (non-hydrogen) atoms. The lowest BCUT2D eigenvalue weighted by Gasteiger charge is -2.29. The van der Waals surface area contributed by atoms with Crippen molar-refractivity contribution in [1.29, 1.82) is 0 Å². The van der Waals surface area contributed by atoms with Gasteiger partial charge in [0.15, 0.2) is 0 Å². The van der Waals surface area contributed by atoms with Crippen molar-refractivity contribution in [1.82, 2.24) is 5.32 Å². The average molecular weight is 741 g/mol. The fraction of sp³-hybridized carbons (Fsp3) is 0.833. The van der Waals surface area contributed by atoms with Crippen LogP contribution in [0.3, 0.4) is 0 Å². The first-order chi connectivity index (χ1) is 24.5. The summed E-state index contributed by atoms with van der Waals surface area (Å²) in [7, 11) is 1.23. The van der Waals surface area contributed by atoms with Crippen molar-refractivity contribution >= 4 is 13.7 Å². The lowest BCUT2D eigenvalue weighted by Crippen LogP contribution is -2.45. The van der Waals surface area contributed by atoms with Gasteiger partial charge in [0.05, 0.1) is 39.9 Å². The molecule has 0 saturated heterocycles. The maximum absolute atomic E-state index is 12.8. The van der Waals surface area contributed by atoms with Gasteiger partial charge in [0.25, 0.3) is 7.82 Å². The molecule has 300 valence electrons. The molecule has 0 rings (SSSR count). The molecule has 0 aliphatic rings. The largest absolute Gasteiger partial charge is 0.756 e. The van der Waals surface area contributed by atoms with Crippen LogP contribution < -0.4 is 10.2 Å². The molecule has 0 fully saturated rings. The number of nitrogens with one attached hydrogen (secondary N) is 1. The second-order valence-electron chi connectivity index (χ2n) is 15.3. The van der Waals surface area contributed by atoms with Gasteiger partial charge in [0, 0.05) is 6.42 Å². The second-order valence-corrected chi connectivity index (χ2v) is 16.7. The molecule has 2 N–H and O–H groups in total. The number of unbranched alkanes of at least 4 members (excludes halogenated alkanes) is 20. The quantitative estimate of drug-likeness (QED) is 0.0284. The number of phosphoric ester groups is 1. The first-order valence-electron chi connectivity index (χ1n) is 20.9.